The predicted octanol–water partition coefficient (Wildman–Crippen LogP) is 1.71. The molecule has 0 atom stereocenters. The molecule has 2 rings (SSSR count). The van der Waals surface area contributed by atoms with Crippen molar-refractivity contribution in [3.63, 3.8) is 0 Å². The minimum atomic E-state index is 0.753. The van der Waals surface area contributed by atoms with E-state index in [-0.39, 0.29) is 0 Å². The molecule has 1 saturated heterocycles. The molecular weight excluding hydrogens is 226 g/mol. The highest BCUT2D eigenvalue weighted by Crippen LogP contribution is 2.21. The average Bonchev–Trinajstić information content (AvgIpc) is 2.85. The van der Waals surface area contributed by atoms with Crippen molar-refractivity contribution in [3.8, 4) is 0 Å². The zero-order valence-corrected chi connectivity index (χ0v) is 11.6. The molecule has 2 heterocycles. The molecule has 0 bridgehead atoms. The molecule has 0 saturated carbocycles. The van der Waals surface area contributed by atoms with Gasteiger partial charge in [-0.2, -0.15) is 0 Å². The van der Waals surface area contributed by atoms with Crippen LogP contribution in [0.2, 0.25) is 0 Å². The quantitative estimate of drug-likeness (QED) is 0.835. The van der Waals surface area contributed by atoms with Gasteiger partial charge in [-0.05, 0) is 45.4 Å². The second-order valence-corrected chi connectivity index (χ2v) is 5.17. The maximum Gasteiger partial charge on any atom is 0.194 e. The van der Waals surface area contributed by atoms with Gasteiger partial charge in [0.1, 0.15) is 6.26 Å². The van der Waals surface area contributed by atoms with E-state index in [2.05, 4.69) is 22.1 Å². The first-order valence-electron chi connectivity index (χ1n) is 7.12. The molecule has 0 radical (unpaired) electrons. The predicted molar refractivity (Wildman–Crippen MR) is 72.7 cm³/mol. The maximum atomic E-state index is 5.57. The van der Waals surface area contributed by atoms with E-state index < -0.39 is 0 Å². The Balaban J connectivity index is 1.77. The highest BCUT2D eigenvalue weighted by molar-refractivity contribution is 4.98. The van der Waals surface area contributed by atoms with Crippen LogP contribution in [0, 0.1) is 5.92 Å². The number of piperidine rings is 1. The first-order chi connectivity index (χ1) is 8.81. The van der Waals surface area contributed by atoms with Crippen molar-refractivity contribution < 1.29 is 4.42 Å². The van der Waals surface area contributed by atoms with Crippen LogP contribution in [0.1, 0.15) is 31.4 Å². The molecule has 1 aromatic rings. The number of hydrogen-bond donors (Lipinski definition) is 1. The first-order valence-corrected chi connectivity index (χ1v) is 7.12. The molecule has 0 amide bonds. The topological polar surface area (TPSA) is 41.3 Å². The van der Waals surface area contributed by atoms with Crippen molar-refractivity contribution in [2.24, 2.45) is 5.92 Å². The Morgan fingerprint density at radius 3 is 2.89 bits per heavy atom. The SMILES string of the molecule is CCN1CCC(Cc2nc(CCNC)co2)CC1. The molecule has 0 unspecified atom stereocenters. The van der Waals surface area contributed by atoms with E-state index in [9.17, 15) is 0 Å². The lowest BCUT2D eigenvalue weighted by Crippen LogP contribution is -2.34. The molecule has 1 aromatic heterocycles. The molecule has 1 aliphatic rings. The fraction of sp³-hybridized carbons (Fsp3) is 0.786. The number of rotatable bonds is 6. The van der Waals surface area contributed by atoms with Gasteiger partial charge in [0.05, 0.1) is 5.69 Å². The van der Waals surface area contributed by atoms with Gasteiger partial charge in [-0.15, -0.1) is 0 Å². The van der Waals surface area contributed by atoms with Gasteiger partial charge < -0.3 is 14.6 Å². The lowest BCUT2D eigenvalue weighted by atomic mass is 9.93. The summed E-state index contributed by atoms with van der Waals surface area (Å²) in [4.78, 5) is 7.08. The van der Waals surface area contributed by atoms with Crippen LogP contribution < -0.4 is 5.32 Å². The van der Waals surface area contributed by atoms with Crippen molar-refractivity contribution in [1.29, 1.82) is 0 Å². The Labute approximate surface area is 110 Å². The Morgan fingerprint density at radius 1 is 1.44 bits per heavy atom. The van der Waals surface area contributed by atoms with Crippen molar-refractivity contribution in [2.45, 2.75) is 32.6 Å². The molecule has 0 spiro atoms. The highest BCUT2D eigenvalue weighted by Gasteiger charge is 2.20. The summed E-state index contributed by atoms with van der Waals surface area (Å²) < 4.78 is 5.57. The molecule has 18 heavy (non-hydrogen) atoms. The van der Waals surface area contributed by atoms with Crippen LogP contribution >= 0.6 is 0 Å². The minimum absolute atomic E-state index is 0.753. The van der Waals surface area contributed by atoms with E-state index in [1.165, 1.54) is 32.5 Å². The molecule has 102 valence electrons. The largest absolute Gasteiger partial charge is 0.449 e. The summed E-state index contributed by atoms with van der Waals surface area (Å²) in [5.41, 5.74) is 1.07. The van der Waals surface area contributed by atoms with E-state index in [0.717, 1.165) is 36.9 Å². The van der Waals surface area contributed by atoms with E-state index in [1.54, 1.807) is 0 Å². The number of oxazole rings is 1. The van der Waals surface area contributed by atoms with Crippen LogP contribution in [0.3, 0.4) is 0 Å². The van der Waals surface area contributed by atoms with Crippen molar-refractivity contribution in [2.75, 3.05) is 33.2 Å². The van der Waals surface area contributed by atoms with Crippen LogP contribution in [0.4, 0.5) is 0 Å². The number of nitrogens with one attached hydrogen (secondary N) is 1. The highest BCUT2D eigenvalue weighted by atomic mass is 16.3. The molecule has 0 aliphatic carbocycles. The lowest BCUT2D eigenvalue weighted by molar-refractivity contribution is 0.187. The first kappa shape index (κ1) is 13.6. The standard InChI is InChI=1S/C14H25N3O/c1-3-17-8-5-12(6-9-17)10-14-16-13(11-18-14)4-7-15-2/h11-12,15H,3-10H2,1-2H3. The summed E-state index contributed by atoms with van der Waals surface area (Å²) in [6.45, 7) is 6.84. The van der Waals surface area contributed by atoms with Crippen LogP contribution in [-0.4, -0.2) is 43.1 Å². The van der Waals surface area contributed by atoms with Gasteiger partial charge in [-0.1, -0.05) is 6.92 Å². The molecular formula is C14H25N3O. The van der Waals surface area contributed by atoms with Gasteiger partial charge in [-0.25, -0.2) is 4.98 Å². The second kappa shape index (κ2) is 6.90. The number of nitrogens with zero attached hydrogens (tertiary/aromatic N) is 2. The molecule has 0 aromatic carbocycles. The molecule has 1 N–H and O–H groups in total. The molecule has 4 heteroatoms. The van der Waals surface area contributed by atoms with Crippen LogP contribution in [0.25, 0.3) is 0 Å². The minimum Gasteiger partial charge on any atom is -0.449 e. The second-order valence-electron chi connectivity index (χ2n) is 5.17. The fourth-order valence-electron chi connectivity index (χ4n) is 2.56. The van der Waals surface area contributed by atoms with Gasteiger partial charge in [0, 0.05) is 19.4 Å². The Hall–Kier alpha value is -0.870. The van der Waals surface area contributed by atoms with E-state index in [0.29, 0.717) is 0 Å². The van der Waals surface area contributed by atoms with Gasteiger partial charge >= 0.3 is 0 Å². The van der Waals surface area contributed by atoms with E-state index >= 15 is 0 Å². The monoisotopic (exact) mass is 251 g/mol. The summed E-state index contributed by atoms with van der Waals surface area (Å²) in [6.07, 6.45) is 6.34. The van der Waals surface area contributed by atoms with E-state index in [4.69, 9.17) is 4.42 Å². The third kappa shape index (κ3) is 3.82. The van der Waals surface area contributed by atoms with E-state index in [1.807, 2.05) is 13.3 Å². The Kier molecular flexibility index (Phi) is 5.20. The molecule has 1 aliphatic heterocycles. The van der Waals surface area contributed by atoms with Gasteiger partial charge in [0.2, 0.25) is 0 Å². The third-order valence-corrected chi connectivity index (χ3v) is 3.85. The number of hydrogen-bond acceptors (Lipinski definition) is 4. The van der Waals surface area contributed by atoms with Crippen LogP contribution in [0.5, 0.6) is 0 Å². The molecule has 4 nitrogen and oxygen atoms in total. The zero-order chi connectivity index (χ0) is 12.8. The van der Waals surface area contributed by atoms with Crippen LogP contribution in [-0.2, 0) is 12.8 Å². The summed E-state index contributed by atoms with van der Waals surface area (Å²) in [5, 5.41) is 3.13. The Morgan fingerprint density at radius 2 is 2.22 bits per heavy atom. The number of aromatic nitrogens is 1. The smallest absolute Gasteiger partial charge is 0.194 e. The normalized spacial score (nSPS) is 18.3. The molecule has 1 fully saturated rings. The zero-order valence-electron chi connectivity index (χ0n) is 11.6. The van der Waals surface area contributed by atoms with Crippen molar-refractivity contribution >= 4 is 0 Å². The van der Waals surface area contributed by atoms with Gasteiger partial charge in [0.25, 0.3) is 0 Å². The van der Waals surface area contributed by atoms with Crippen molar-refractivity contribution in [1.82, 2.24) is 15.2 Å². The number of likely N-dealkylation sites (N-methyl/N-ethyl adjacent to an activating group) is 1. The average molecular weight is 251 g/mol. The van der Waals surface area contributed by atoms with Crippen LogP contribution in [0.15, 0.2) is 10.7 Å². The summed E-state index contributed by atoms with van der Waals surface area (Å²) in [5.74, 6) is 1.68. The lowest BCUT2D eigenvalue weighted by Gasteiger charge is -2.30. The summed E-state index contributed by atoms with van der Waals surface area (Å²) >= 11 is 0. The number of likely N-dealkylation sites (tertiary alicyclic amines) is 1. The fourth-order valence-corrected chi connectivity index (χ4v) is 2.56. The van der Waals surface area contributed by atoms with Gasteiger partial charge in [-0.3, -0.25) is 0 Å². The van der Waals surface area contributed by atoms with Crippen molar-refractivity contribution in [3.05, 3.63) is 17.8 Å². The summed E-state index contributed by atoms with van der Waals surface area (Å²) in [7, 11) is 1.96. The third-order valence-electron chi connectivity index (χ3n) is 3.85. The maximum absolute atomic E-state index is 5.57. The Bertz CT molecular complexity index is 343. The van der Waals surface area contributed by atoms with Gasteiger partial charge in [0.15, 0.2) is 5.89 Å². The summed E-state index contributed by atoms with van der Waals surface area (Å²) in [6, 6.07) is 0.